The molecule has 3 rings (SSSR count). The summed E-state index contributed by atoms with van der Waals surface area (Å²) >= 11 is 0. The second-order valence-corrected chi connectivity index (χ2v) is 5.74. The average Bonchev–Trinajstić information content (AvgIpc) is 3.10. The maximum Gasteiger partial charge on any atom is 0.411 e. The first-order valence-electron chi connectivity index (χ1n) is 6.54. The summed E-state index contributed by atoms with van der Waals surface area (Å²) in [6.07, 6.45) is -1.92. The third-order valence-electron chi connectivity index (χ3n) is 4.41. The minimum Gasteiger partial charge on any atom is -0.311 e. The molecule has 102 valence electrons. The molecule has 0 aromatic heterocycles. The number of carbonyl (C=O) groups is 1. The fraction of sp³-hybridized carbons (Fsp3) is 0.917. The molecule has 2 saturated carbocycles. The van der Waals surface area contributed by atoms with Gasteiger partial charge in [-0.05, 0) is 32.1 Å². The summed E-state index contributed by atoms with van der Waals surface area (Å²) in [6.45, 7) is 1.93. The van der Waals surface area contributed by atoms with Gasteiger partial charge in [0.2, 0.25) is 5.91 Å². The molecule has 1 saturated heterocycles. The minimum absolute atomic E-state index is 0.0558. The van der Waals surface area contributed by atoms with Crippen LogP contribution < -0.4 is 5.32 Å². The smallest absolute Gasteiger partial charge is 0.311 e. The van der Waals surface area contributed by atoms with Gasteiger partial charge in [-0.15, -0.1) is 0 Å². The fourth-order valence-corrected chi connectivity index (χ4v) is 3.05. The SMILES string of the molecule is CCCC1NC2(CC2)C(=O)N1C1(C(F)(F)F)CC1. The lowest BCUT2D eigenvalue weighted by molar-refractivity contribution is -0.202. The Hall–Kier alpha value is -0.780. The van der Waals surface area contributed by atoms with Crippen LogP contribution >= 0.6 is 0 Å². The number of amides is 1. The molecule has 1 spiro atoms. The van der Waals surface area contributed by atoms with Crippen LogP contribution in [0.3, 0.4) is 0 Å². The fourth-order valence-electron chi connectivity index (χ4n) is 3.05. The Bertz CT molecular complexity index is 385. The van der Waals surface area contributed by atoms with Gasteiger partial charge >= 0.3 is 6.18 Å². The predicted octanol–water partition coefficient (Wildman–Crippen LogP) is 2.17. The number of rotatable bonds is 3. The van der Waals surface area contributed by atoms with Crippen molar-refractivity contribution >= 4 is 5.91 Å². The van der Waals surface area contributed by atoms with Crippen LogP contribution in [0.1, 0.15) is 45.4 Å². The molecule has 1 heterocycles. The normalized spacial score (nSPS) is 32.1. The number of hydrogen-bond donors (Lipinski definition) is 1. The van der Waals surface area contributed by atoms with E-state index in [1.54, 1.807) is 0 Å². The molecule has 0 radical (unpaired) electrons. The molecule has 3 fully saturated rings. The molecule has 1 atom stereocenters. The van der Waals surface area contributed by atoms with Gasteiger partial charge in [0.25, 0.3) is 0 Å². The van der Waals surface area contributed by atoms with E-state index in [0.29, 0.717) is 19.3 Å². The summed E-state index contributed by atoms with van der Waals surface area (Å²) in [4.78, 5) is 13.4. The van der Waals surface area contributed by atoms with Gasteiger partial charge < -0.3 is 4.90 Å². The second kappa shape index (κ2) is 3.40. The molecule has 1 unspecified atom stereocenters. The highest BCUT2D eigenvalue weighted by Crippen LogP contribution is 2.58. The zero-order valence-electron chi connectivity index (χ0n) is 10.3. The molecule has 0 aromatic rings. The van der Waals surface area contributed by atoms with Crippen LogP contribution in [0.15, 0.2) is 0 Å². The number of nitrogens with one attached hydrogen (secondary N) is 1. The molecule has 3 aliphatic rings. The van der Waals surface area contributed by atoms with Gasteiger partial charge in [0.05, 0.1) is 11.7 Å². The van der Waals surface area contributed by atoms with E-state index >= 15 is 0 Å². The molecule has 6 heteroatoms. The average molecular weight is 262 g/mol. The van der Waals surface area contributed by atoms with Crippen molar-refractivity contribution in [3.05, 3.63) is 0 Å². The van der Waals surface area contributed by atoms with Gasteiger partial charge in [0.15, 0.2) is 0 Å². The molecular weight excluding hydrogens is 245 g/mol. The number of alkyl halides is 3. The van der Waals surface area contributed by atoms with Crippen molar-refractivity contribution in [3.63, 3.8) is 0 Å². The molecule has 1 aliphatic heterocycles. The monoisotopic (exact) mass is 262 g/mol. The van der Waals surface area contributed by atoms with Crippen LogP contribution in [0.25, 0.3) is 0 Å². The van der Waals surface area contributed by atoms with E-state index in [9.17, 15) is 18.0 Å². The lowest BCUT2D eigenvalue weighted by Gasteiger charge is -2.34. The predicted molar refractivity (Wildman–Crippen MR) is 58.7 cm³/mol. The Morgan fingerprint density at radius 3 is 2.33 bits per heavy atom. The zero-order chi connectivity index (χ0) is 13.2. The van der Waals surface area contributed by atoms with Crippen LogP contribution in [-0.2, 0) is 4.79 Å². The van der Waals surface area contributed by atoms with E-state index in [1.165, 1.54) is 0 Å². The highest BCUT2D eigenvalue weighted by atomic mass is 19.4. The molecule has 1 amide bonds. The maximum atomic E-state index is 13.2. The Morgan fingerprint density at radius 1 is 1.33 bits per heavy atom. The number of halogens is 3. The van der Waals surface area contributed by atoms with Crippen LogP contribution in [-0.4, -0.2) is 34.2 Å². The van der Waals surface area contributed by atoms with E-state index < -0.39 is 23.4 Å². The topological polar surface area (TPSA) is 32.3 Å². The van der Waals surface area contributed by atoms with Crippen LogP contribution in [0, 0.1) is 0 Å². The van der Waals surface area contributed by atoms with Gasteiger partial charge in [-0.1, -0.05) is 13.3 Å². The first-order valence-corrected chi connectivity index (χ1v) is 6.54. The van der Waals surface area contributed by atoms with Crippen LogP contribution in [0.4, 0.5) is 13.2 Å². The molecule has 18 heavy (non-hydrogen) atoms. The molecule has 2 aliphatic carbocycles. The Kier molecular flexibility index (Phi) is 2.32. The van der Waals surface area contributed by atoms with E-state index in [4.69, 9.17) is 0 Å². The van der Waals surface area contributed by atoms with Gasteiger partial charge in [-0.25, -0.2) is 0 Å². The second-order valence-electron chi connectivity index (χ2n) is 5.74. The standard InChI is InChI=1S/C12H17F3N2O/c1-2-3-8-16-10(4-5-10)9(18)17(8)11(6-7-11)12(13,14)15/h8,16H,2-7H2,1H3. The molecule has 0 aromatic carbocycles. The first-order chi connectivity index (χ1) is 8.36. The van der Waals surface area contributed by atoms with Crippen molar-refractivity contribution in [2.75, 3.05) is 0 Å². The lowest BCUT2D eigenvalue weighted by Crippen LogP contribution is -2.54. The summed E-state index contributed by atoms with van der Waals surface area (Å²) in [5.74, 6) is -0.323. The summed E-state index contributed by atoms with van der Waals surface area (Å²) in [6, 6.07) is 0. The third-order valence-corrected chi connectivity index (χ3v) is 4.41. The molecular formula is C12H17F3N2O. The molecule has 3 nitrogen and oxygen atoms in total. The number of carbonyl (C=O) groups excluding carboxylic acids is 1. The van der Waals surface area contributed by atoms with Crippen LogP contribution in [0.5, 0.6) is 0 Å². The van der Waals surface area contributed by atoms with Crippen LogP contribution in [0.2, 0.25) is 0 Å². The Balaban J connectivity index is 1.91. The van der Waals surface area contributed by atoms with E-state index in [0.717, 1.165) is 11.3 Å². The van der Waals surface area contributed by atoms with Crippen molar-refractivity contribution in [3.8, 4) is 0 Å². The third kappa shape index (κ3) is 1.44. The van der Waals surface area contributed by atoms with Crippen molar-refractivity contribution < 1.29 is 18.0 Å². The largest absolute Gasteiger partial charge is 0.411 e. The summed E-state index contributed by atoms with van der Waals surface area (Å²) in [5.41, 5.74) is -2.52. The van der Waals surface area contributed by atoms with Crippen molar-refractivity contribution in [2.45, 2.75) is 68.9 Å². The van der Waals surface area contributed by atoms with E-state index in [1.807, 2.05) is 6.92 Å². The van der Waals surface area contributed by atoms with Crippen molar-refractivity contribution in [2.24, 2.45) is 0 Å². The number of nitrogens with zero attached hydrogens (tertiary/aromatic N) is 1. The van der Waals surface area contributed by atoms with Crippen molar-refractivity contribution in [1.29, 1.82) is 0 Å². The number of hydrogen-bond acceptors (Lipinski definition) is 2. The summed E-state index contributed by atoms with van der Waals surface area (Å²) in [5, 5.41) is 3.14. The maximum absolute atomic E-state index is 13.2. The summed E-state index contributed by atoms with van der Waals surface area (Å²) in [7, 11) is 0. The minimum atomic E-state index is -4.31. The Morgan fingerprint density at radius 2 is 1.94 bits per heavy atom. The van der Waals surface area contributed by atoms with Gasteiger partial charge in [-0.2, -0.15) is 13.2 Å². The first kappa shape index (κ1) is 12.3. The highest BCUT2D eigenvalue weighted by Gasteiger charge is 2.74. The van der Waals surface area contributed by atoms with Gasteiger partial charge in [0.1, 0.15) is 5.54 Å². The Labute approximate surface area is 104 Å². The van der Waals surface area contributed by atoms with Gasteiger partial charge in [0, 0.05) is 0 Å². The van der Waals surface area contributed by atoms with Gasteiger partial charge in [-0.3, -0.25) is 10.1 Å². The zero-order valence-corrected chi connectivity index (χ0v) is 10.3. The van der Waals surface area contributed by atoms with E-state index in [-0.39, 0.29) is 18.7 Å². The van der Waals surface area contributed by atoms with Crippen molar-refractivity contribution in [1.82, 2.24) is 10.2 Å². The highest BCUT2D eigenvalue weighted by molar-refractivity contribution is 5.92. The van der Waals surface area contributed by atoms with E-state index in [2.05, 4.69) is 5.32 Å². The molecule has 0 bridgehead atoms. The summed E-state index contributed by atoms with van der Waals surface area (Å²) < 4.78 is 39.6. The lowest BCUT2D eigenvalue weighted by atomic mass is 10.1. The molecule has 1 N–H and O–H groups in total. The quantitative estimate of drug-likeness (QED) is 0.845.